The zero-order valence-electron chi connectivity index (χ0n) is 11.0. The molecule has 2 heterocycles. The first-order valence-electron chi connectivity index (χ1n) is 6.42. The Morgan fingerprint density at radius 3 is 2.70 bits per heavy atom. The number of imidazole rings is 1. The maximum absolute atomic E-state index is 4.38. The number of nitrogens with one attached hydrogen (secondary N) is 1. The van der Waals surface area contributed by atoms with E-state index in [2.05, 4.69) is 55.3 Å². The highest BCUT2D eigenvalue weighted by Crippen LogP contribution is 2.18. The van der Waals surface area contributed by atoms with Gasteiger partial charge in [-0.25, -0.2) is 15.0 Å². The van der Waals surface area contributed by atoms with E-state index in [0.29, 0.717) is 6.54 Å². The van der Waals surface area contributed by atoms with Crippen LogP contribution in [0, 0.1) is 0 Å². The van der Waals surface area contributed by atoms with E-state index in [1.807, 2.05) is 16.7 Å². The van der Waals surface area contributed by atoms with Crippen LogP contribution in [0.2, 0.25) is 0 Å². The highest BCUT2D eigenvalue weighted by molar-refractivity contribution is 9.10. The van der Waals surface area contributed by atoms with Crippen molar-refractivity contribution in [3.63, 3.8) is 0 Å². The van der Waals surface area contributed by atoms with Crippen molar-refractivity contribution < 1.29 is 0 Å². The van der Waals surface area contributed by atoms with Crippen molar-refractivity contribution in [2.75, 3.05) is 5.32 Å². The number of anilines is 1. The fraction of sp³-hybridized carbons (Fsp3) is 0.214. The zero-order chi connectivity index (χ0) is 13.9. The molecule has 1 N–H and O–H groups in total. The van der Waals surface area contributed by atoms with Gasteiger partial charge in [0.25, 0.3) is 0 Å². The lowest BCUT2D eigenvalue weighted by Crippen LogP contribution is -2.03. The van der Waals surface area contributed by atoms with Crippen LogP contribution in [0.4, 0.5) is 5.82 Å². The van der Waals surface area contributed by atoms with Crippen LogP contribution in [-0.2, 0) is 13.1 Å². The van der Waals surface area contributed by atoms with Crippen molar-refractivity contribution in [1.29, 1.82) is 0 Å². The number of hydrogen-bond donors (Lipinski definition) is 1. The molecule has 0 aliphatic heterocycles. The lowest BCUT2D eigenvalue weighted by atomic mass is 10.2. The number of hydrogen-bond acceptors (Lipinski definition) is 4. The minimum absolute atomic E-state index is 0.707. The van der Waals surface area contributed by atoms with Gasteiger partial charge >= 0.3 is 0 Å². The van der Waals surface area contributed by atoms with Crippen molar-refractivity contribution in [2.24, 2.45) is 0 Å². The molecule has 0 amide bonds. The van der Waals surface area contributed by atoms with Crippen LogP contribution in [0.3, 0.4) is 0 Å². The summed E-state index contributed by atoms with van der Waals surface area (Å²) in [7, 11) is 0. The van der Waals surface area contributed by atoms with Gasteiger partial charge < -0.3 is 9.88 Å². The van der Waals surface area contributed by atoms with Crippen LogP contribution < -0.4 is 5.32 Å². The first-order chi connectivity index (χ1) is 9.78. The van der Waals surface area contributed by atoms with Crippen molar-refractivity contribution in [1.82, 2.24) is 19.5 Å². The molecule has 102 valence electrons. The van der Waals surface area contributed by atoms with Crippen LogP contribution in [0.25, 0.3) is 11.2 Å². The largest absolute Gasteiger partial charge is 0.364 e. The summed E-state index contributed by atoms with van der Waals surface area (Å²) < 4.78 is 3.08. The van der Waals surface area contributed by atoms with Crippen molar-refractivity contribution in [3.05, 3.63) is 47.0 Å². The number of aromatic nitrogens is 4. The highest BCUT2D eigenvalue weighted by atomic mass is 79.9. The fourth-order valence-electron chi connectivity index (χ4n) is 2.03. The maximum Gasteiger partial charge on any atom is 0.165 e. The number of rotatable bonds is 4. The van der Waals surface area contributed by atoms with Crippen molar-refractivity contribution in [3.8, 4) is 0 Å². The Labute approximate surface area is 125 Å². The van der Waals surface area contributed by atoms with Gasteiger partial charge in [-0.1, -0.05) is 28.1 Å². The van der Waals surface area contributed by atoms with Gasteiger partial charge in [0.15, 0.2) is 11.5 Å². The first kappa shape index (κ1) is 13.1. The van der Waals surface area contributed by atoms with Gasteiger partial charge in [0, 0.05) is 17.6 Å². The van der Waals surface area contributed by atoms with Crippen LogP contribution >= 0.6 is 15.9 Å². The summed E-state index contributed by atoms with van der Waals surface area (Å²) in [4.78, 5) is 12.9. The molecule has 0 fully saturated rings. The molecule has 1 aromatic carbocycles. The van der Waals surface area contributed by atoms with E-state index in [9.17, 15) is 0 Å². The van der Waals surface area contributed by atoms with E-state index < -0.39 is 0 Å². The average molecular weight is 332 g/mol. The Hall–Kier alpha value is -1.95. The maximum atomic E-state index is 4.38. The lowest BCUT2D eigenvalue weighted by Gasteiger charge is -2.06. The molecule has 20 heavy (non-hydrogen) atoms. The third-order valence-electron chi connectivity index (χ3n) is 3.12. The van der Waals surface area contributed by atoms with Crippen LogP contribution in [-0.4, -0.2) is 19.5 Å². The molecular weight excluding hydrogens is 318 g/mol. The Balaban J connectivity index is 1.84. The van der Waals surface area contributed by atoms with Crippen molar-refractivity contribution >= 4 is 32.9 Å². The summed E-state index contributed by atoms with van der Waals surface area (Å²) in [6.45, 7) is 3.62. The molecule has 3 rings (SSSR count). The summed E-state index contributed by atoms with van der Waals surface area (Å²) in [5.41, 5.74) is 2.86. The van der Waals surface area contributed by atoms with Gasteiger partial charge in [-0.2, -0.15) is 0 Å². The van der Waals surface area contributed by atoms with Gasteiger partial charge in [0.1, 0.15) is 11.8 Å². The monoisotopic (exact) mass is 331 g/mol. The van der Waals surface area contributed by atoms with Crippen LogP contribution in [0.15, 0.2) is 41.4 Å². The minimum Gasteiger partial charge on any atom is -0.364 e. The second-order valence-corrected chi connectivity index (χ2v) is 5.32. The Morgan fingerprint density at radius 2 is 1.95 bits per heavy atom. The van der Waals surface area contributed by atoms with E-state index in [-0.39, 0.29) is 0 Å². The SMILES string of the molecule is CCn1cnc2c(NCc3ccc(Br)cc3)ncnc21. The molecule has 0 aliphatic carbocycles. The number of nitrogens with zero attached hydrogens (tertiary/aromatic N) is 4. The van der Waals surface area contributed by atoms with E-state index >= 15 is 0 Å². The van der Waals surface area contributed by atoms with Gasteiger partial charge in [0.05, 0.1) is 6.33 Å². The second kappa shape index (κ2) is 5.58. The third-order valence-corrected chi connectivity index (χ3v) is 3.64. The molecule has 0 saturated heterocycles. The molecule has 6 heteroatoms. The number of fused-ring (bicyclic) bond motifs is 1. The number of benzene rings is 1. The summed E-state index contributed by atoms with van der Waals surface area (Å²) in [5, 5.41) is 3.32. The summed E-state index contributed by atoms with van der Waals surface area (Å²) >= 11 is 3.43. The van der Waals surface area contributed by atoms with Crippen LogP contribution in [0.1, 0.15) is 12.5 Å². The molecule has 0 saturated carbocycles. The molecule has 0 bridgehead atoms. The molecule has 0 aliphatic rings. The van der Waals surface area contributed by atoms with E-state index in [1.165, 1.54) is 5.56 Å². The zero-order valence-corrected chi connectivity index (χ0v) is 12.6. The van der Waals surface area contributed by atoms with E-state index in [0.717, 1.165) is 28.0 Å². The van der Waals surface area contributed by atoms with Crippen molar-refractivity contribution in [2.45, 2.75) is 20.0 Å². The molecule has 0 unspecified atom stereocenters. The van der Waals surface area contributed by atoms with Gasteiger partial charge in [0.2, 0.25) is 0 Å². The number of halogens is 1. The quantitative estimate of drug-likeness (QED) is 0.797. The molecule has 3 aromatic rings. The smallest absolute Gasteiger partial charge is 0.165 e. The normalized spacial score (nSPS) is 10.9. The summed E-state index contributed by atoms with van der Waals surface area (Å²) in [6.07, 6.45) is 3.37. The molecule has 0 radical (unpaired) electrons. The van der Waals surface area contributed by atoms with E-state index in [1.54, 1.807) is 12.7 Å². The second-order valence-electron chi connectivity index (χ2n) is 4.41. The highest BCUT2D eigenvalue weighted by Gasteiger charge is 2.08. The van der Waals surface area contributed by atoms with Crippen LogP contribution in [0.5, 0.6) is 0 Å². The summed E-state index contributed by atoms with van der Waals surface area (Å²) in [6, 6.07) is 8.19. The predicted molar refractivity (Wildman–Crippen MR) is 82.5 cm³/mol. The Kier molecular flexibility index (Phi) is 3.64. The first-order valence-corrected chi connectivity index (χ1v) is 7.21. The molecule has 0 spiro atoms. The molecule has 2 aromatic heterocycles. The molecule has 0 atom stereocenters. The minimum atomic E-state index is 0.707. The molecular formula is C14H14BrN5. The average Bonchev–Trinajstić information content (AvgIpc) is 2.90. The fourth-order valence-corrected chi connectivity index (χ4v) is 2.29. The Morgan fingerprint density at radius 1 is 1.15 bits per heavy atom. The standard InChI is InChI=1S/C14H14BrN5/c1-2-20-9-19-12-13(17-8-18-14(12)20)16-7-10-3-5-11(15)6-4-10/h3-6,8-9H,2,7H2,1H3,(H,16,17,18). The Bertz CT molecular complexity index is 720. The van der Waals surface area contributed by atoms with E-state index in [4.69, 9.17) is 0 Å². The molecule has 5 nitrogen and oxygen atoms in total. The van der Waals surface area contributed by atoms with Gasteiger partial charge in [-0.15, -0.1) is 0 Å². The van der Waals surface area contributed by atoms with Gasteiger partial charge in [-0.3, -0.25) is 0 Å². The third kappa shape index (κ3) is 2.51. The van der Waals surface area contributed by atoms with Gasteiger partial charge in [-0.05, 0) is 24.6 Å². The topological polar surface area (TPSA) is 55.6 Å². The predicted octanol–water partition coefficient (Wildman–Crippen LogP) is 3.22. The lowest BCUT2D eigenvalue weighted by molar-refractivity contribution is 0.777. The number of aryl methyl sites for hydroxylation is 1. The summed E-state index contributed by atoms with van der Waals surface area (Å²) in [5.74, 6) is 0.769.